The number of unbranched alkanes of at least 4 members (excludes halogenated alkanes) is 2. The molecular formula is C13H28N2O. The maximum atomic E-state index is 5.22. The molecule has 0 aromatic heterocycles. The standard InChI is InChI=1S/C13H28N2O/c1-14-8-4-3-5-9-15-10-6-13(7-11-15)12-16-2/h13-14H,3-12H2,1-2H3. The Labute approximate surface area is 101 Å². The summed E-state index contributed by atoms with van der Waals surface area (Å²) in [6, 6.07) is 0. The summed E-state index contributed by atoms with van der Waals surface area (Å²) in [7, 11) is 3.84. The topological polar surface area (TPSA) is 24.5 Å². The third-order valence-electron chi connectivity index (χ3n) is 3.51. The number of hydrogen-bond acceptors (Lipinski definition) is 3. The molecule has 0 saturated carbocycles. The molecule has 1 aliphatic heterocycles. The Bertz CT molecular complexity index is 156. The van der Waals surface area contributed by atoms with E-state index in [0.717, 1.165) is 19.1 Å². The van der Waals surface area contributed by atoms with Crippen molar-refractivity contribution in [1.82, 2.24) is 10.2 Å². The van der Waals surface area contributed by atoms with Crippen molar-refractivity contribution in [2.45, 2.75) is 32.1 Å². The number of nitrogens with zero attached hydrogens (tertiary/aromatic N) is 1. The van der Waals surface area contributed by atoms with Crippen LogP contribution in [0.5, 0.6) is 0 Å². The molecule has 16 heavy (non-hydrogen) atoms. The number of ether oxygens (including phenoxy) is 1. The Hall–Kier alpha value is -0.120. The minimum absolute atomic E-state index is 0.811. The van der Waals surface area contributed by atoms with Crippen molar-refractivity contribution in [3.63, 3.8) is 0 Å². The van der Waals surface area contributed by atoms with Gasteiger partial charge in [0.1, 0.15) is 0 Å². The Kier molecular flexibility index (Phi) is 7.81. The zero-order chi connectivity index (χ0) is 11.6. The highest BCUT2D eigenvalue weighted by atomic mass is 16.5. The molecular weight excluding hydrogens is 200 g/mol. The number of rotatable bonds is 8. The van der Waals surface area contributed by atoms with Gasteiger partial charge in [-0.2, -0.15) is 0 Å². The van der Waals surface area contributed by atoms with Gasteiger partial charge in [-0.1, -0.05) is 6.42 Å². The highest BCUT2D eigenvalue weighted by molar-refractivity contribution is 4.71. The van der Waals surface area contributed by atoms with Crippen LogP contribution in [-0.4, -0.2) is 51.8 Å². The van der Waals surface area contributed by atoms with Gasteiger partial charge in [-0.3, -0.25) is 0 Å². The van der Waals surface area contributed by atoms with Crippen molar-refractivity contribution in [2.24, 2.45) is 5.92 Å². The van der Waals surface area contributed by atoms with Gasteiger partial charge in [-0.25, -0.2) is 0 Å². The lowest BCUT2D eigenvalue weighted by Gasteiger charge is -2.31. The van der Waals surface area contributed by atoms with Crippen LogP contribution < -0.4 is 5.32 Å². The fourth-order valence-electron chi connectivity index (χ4n) is 2.43. The van der Waals surface area contributed by atoms with Gasteiger partial charge in [0.05, 0.1) is 0 Å². The summed E-state index contributed by atoms with van der Waals surface area (Å²) in [6.45, 7) is 5.97. The van der Waals surface area contributed by atoms with Gasteiger partial charge in [0.15, 0.2) is 0 Å². The van der Waals surface area contributed by atoms with Crippen LogP contribution in [0.4, 0.5) is 0 Å². The van der Waals surface area contributed by atoms with Gasteiger partial charge < -0.3 is 15.0 Å². The summed E-state index contributed by atoms with van der Waals surface area (Å²) in [5.41, 5.74) is 0. The first kappa shape index (κ1) is 13.9. The second kappa shape index (κ2) is 8.97. The van der Waals surface area contributed by atoms with E-state index < -0.39 is 0 Å². The van der Waals surface area contributed by atoms with Gasteiger partial charge in [0.2, 0.25) is 0 Å². The zero-order valence-electron chi connectivity index (χ0n) is 11.0. The molecule has 0 aliphatic carbocycles. The highest BCUT2D eigenvalue weighted by Crippen LogP contribution is 2.17. The molecule has 0 radical (unpaired) electrons. The molecule has 3 heteroatoms. The molecule has 0 bridgehead atoms. The molecule has 0 aromatic carbocycles. The molecule has 1 heterocycles. The van der Waals surface area contributed by atoms with E-state index >= 15 is 0 Å². The fourth-order valence-corrected chi connectivity index (χ4v) is 2.43. The Morgan fingerprint density at radius 1 is 1.19 bits per heavy atom. The van der Waals surface area contributed by atoms with Crippen molar-refractivity contribution >= 4 is 0 Å². The molecule has 1 aliphatic rings. The molecule has 1 N–H and O–H groups in total. The van der Waals surface area contributed by atoms with Gasteiger partial charge >= 0.3 is 0 Å². The first-order chi connectivity index (χ1) is 7.86. The quantitative estimate of drug-likeness (QED) is 0.640. The molecule has 0 aromatic rings. The number of nitrogens with one attached hydrogen (secondary N) is 1. The van der Waals surface area contributed by atoms with Crippen LogP contribution in [-0.2, 0) is 4.74 Å². The summed E-state index contributed by atoms with van der Waals surface area (Å²) >= 11 is 0. The molecule has 0 unspecified atom stereocenters. The van der Waals surface area contributed by atoms with Crippen LogP contribution in [0.15, 0.2) is 0 Å². The second-order valence-electron chi connectivity index (χ2n) is 4.90. The minimum atomic E-state index is 0.811. The van der Waals surface area contributed by atoms with Gasteiger partial charge in [-0.05, 0) is 64.8 Å². The summed E-state index contributed by atoms with van der Waals surface area (Å²) in [5.74, 6) is 0.811. The van der Waals surface area contributed by atoms with E-state index in [2.05, 4.69) is 10.2 Å². The summed E-state index contributed by atoms with van der Waals surface area (Å²) in [4.78, 5) is 2.62. The van der Waals surface area contributed by atoms with Crippen molar-refractivity contribution in [1.29, 1.82) is 0 Å². The van der Waals surface area contributed by atoms with E-state index in [9.17, 15) is 0 Å². The van der Waals surface area contributed by atoms with Crippen LogP contribution in [0.25, 0.3) is 0 Å². The molecule has 96 valence electrons. The minimum Gasteiger partial charge on any atom is -0.384 e. The van der Waals surface area contributed by atoms with Crippen LogP contribution in [0, 0.1) is 5.92 Å². The maximum absolute atomic E-state index is 5.22. The molecule has 0 atom stereocenters. The van der Waals surface area contributed by atoms with E-state index in [1.165, 1.54) is 51.7 Å². The van der Waals surface area contributed by atoms with Crippen LogP contribution in [0.1, 0.15) is 32.1 Å². The van der Waals surface area contributed by atoms with Crippen LogP contribution in [0.3, 0.4) is 0 Å². The SMILES string of the molecule is CNCCCCCN1CCC(COC)CC1. The summed E-state index contributed by atoms with van der Waals surface area (Å²) in [6.07, 6.45) is 6.68. The number of hydrogen-bond donors (Lipinski definition) is 1. The Morgan fingerprint density at radius 2 is 1.94 bits per heavy atom. The first-order valence-corrected chi connectivity index (χ1v) is 6.72. The third-order valence-corrected chi connectivity index (χ3v) is 3.51. The van der Waals surface area contributed by atoms with E-state index in [1.54, 1.807) is 0 Å². The fraction of sp³-hybridized carbons (Fsp3) is 1.00. The second-order valence-corrected chi connectivity index (χ2v) is 4.90. The monoisotopic (exact) mass is 228 g/mol. The number of piperidine rings is 1. The van der Waals surface area contributed by atoms with Crippen molar-refractivity contribution in [3.05, 3.63) is 0 Å². The number of likely N-dealkylation sites (tertiary alicyclic amines) is 1. The summed E-state index contributed by atoms with van der Waals surface area (Å²) < 4.78 is 5.22. The van der Waals surface area contributed by atoms with Gasteiger partial charge in [0, 0.05) is 13.7 Å². The first-order valence-electron chi connectivity index (χ1n) is 6.72. The van der Waals surface area contributed by atoms with Crippen molar-refractivity contribution < 1.29 is 4.74 Å². The number of methoxy groups -OCH3 is 1. The molecule has 1 saturated heterocycles. The van der Waals surface area contributed by atoms with E-state index in [4.69, 9.17) is 4.74 Å². The largest absolute Gasteiger partial charge is 0.384 e. The van der Waals surface area contributed by atoms with Crippen LogP contribution in [0.2, 0.25) is 0 Å². The summed E-state index contributed by atoms with van der Waals surface area (Å²) in [5, 5.41) is 3.20. The average molecular weight is 228 g/mol. The van der Waals surface area contributed by atoms with Gasteiger partial charge in [-0.15, -0.1) is 0 Å². The van der Waals surface area contributed by atoms with E-state index in [1.807, 2.05) is 14.2 Å². The third kappa shape index (κ3) is 5.83. The Morgan fingerprint density at radius 3 is 2.56 bits per heavy atom. The lowest BCUT2D eigenvalue weighted by Crippen LogP contribution is -2.35. The zero-order valence-corrected chi connectivity index (χ0v) is 11.0. The van der Waals surface area contributed by atoms with Crippen molar-refractivity contribution in [3.8, 4) is 0 Å². The molecule has 1 fully saturated rings. The normalized spacial score (nSPS) is 19.1. The van der Waals surface area contributed by atoms with Crippen molar-refractivity contribution in [2.75, 3.05) is 46.9 Å². The smallest absolute Gasteiger partial charge is 0.0491 e. The molecule has 3 nitrogen and oxygen atoms in total. The van der Waals surface area contributed by atoms with E-state index in [0.29, 0.717) is 0 Å². The highest BCUT2D eigenvalue weighted by Gasteiger charge is 2.18. The predicted octanol–water partition coefficient (Wildman–Crippen LogP) is 1.73. The van der Waals surface area contributed by atoms with E-state index in [-0.39, 0.29) is 0 Å². The Balaban J connectivity index is 1.95. The maximum Gasteiger partial charge on any atom is 0.0491 e. The molecule has 1 rings (SSSR count). The lowest BCUT2D eigenvalue weighted by molar-refractivity contribution is 0.0988. The average Bonchev–Trinajstić information content (AvgIpc) is 2.31. The van der Waals surface area contributed by atoms with Crippen LogP contribution >= 0.6 is 0 Å². The van der Waals surface area contributed by atoms with Gasteiger partial charge in [0.25, 0.3) is 0 Å². The molecule has 0 spiro atoms. The molecule has 0 amide bonds. The lowest BCUT2D eigenvalue weighted by atomic mass is 9.97. The predicted molar refractivity (Wildman–Crippen MR) is 68.8 cm³/mol.